The summed E-state index contributed by atoms with van der Waals surface area (Å²) in [5.41, 5.74) is 0.986. The minimum Gasteiger partial charge on any atom is -1.00 e. The average Bonchev–Trinajstić information content (AvgIpc) is 2.19. The number of rotatable bonds is 3. The molecule has 0 saturated heterocycles. The first-order valence-electron chi connectivity index (χ1n) is 3.87. The molecule has 0 atom stereocenters. The summed E-state index contributed by atoms with van der Waals surface area (Å²) in [6.07, 6.45) is 4.18. The molecular formula is C11H12CaO2. The van der Waals surface area contributed by atoms with Gasteiger partial charge in [-0.1, -0.05) is 36.9 Å². The molecule has 70 valence electrons. The van der Waals surface area contributed by atoms with Gasteiger partial charge in [0.2, 0.25) is 0 Å². The fourth-order valence-corrected chi connectivity index (χ4v) is 0.792. The van der Waals surface area contributed by atoms with E-state index in [0.29, 0.717) is 0 Å². The van der Waals surface area contributed by atoms with Crippen molar-refractivity contribution in [1.29, 1.82) is 0 Å². The summed E-state index contributed by atoms with van der Waals surface area (Å²) in [7, 11) is 0. The Balaban J connectivity index is -0.000000563. The Morgan fingerprint density at radius 1 is 1.36 bits per heavy atom. The van der Waals surface area contributed by atoms with Crippen molar-refractivity contribution in [3.05, 3.63) is 54.8 Å². The van der Waals surface area contributed by atoms with Crippen molar-refractivity contribution in [2.45, 2.75) is 0 Å². The Hall–Kier alpha value is -0.570. The topological polar surface area (TPSA) is 26.3 Å². The first-order valence-corrected chi connectivity index (χ1v) is 3.87. The van der Waals surface area contributed by atoms with E-state index < -0.39 is 5.97 Å². The van der Waals surface area contributed by atoms with Crippen LogP contribution in [0.25, 0.3) is 6.08 Å². The molecule has 0 saturated carbocycles. The fraction of sp³-hybridized carbons (Fsp3) is 0. The Labute approximate surface area is 116 Å². The molecule has 1 aromatic rings. The van der Waals surface area contributed by atoms with Gasteiger partial charge in [-0.05, 0) is 11.6 Å². The van der Waals surface area contributed by atoms with Crippen molar-refractivity contribution < 1.29 is 12.4 Å². The Morgan fingerprint density at radius 3 is 2.57 bits per heavy atom. The Kier molecular flexibility index (Phi) is 7.48. The van der Waals surface area contributed by atoms with Crippen molar-refractivity contribution in [2.24, 2.45) is 0 Å². The van der Waals surface area contributed by atoms with Crippen LogP contribution in [-0.2, 0) is 9.53 Å². The van der Waals surface area contributed by atoms with E-state index >= 15 is 0 Å². The van der Waals surface area contributed by atoms with Gasteiger partial charge in [-0.15, -0.1) is 0 Å². The molecule has 0 spiro atoms. The predicted molar refractivity (Wildman–Crippen MR) is 59.7 cm³/mol. The van der Waals surface area contributed by atoms with Gasteiger partial charge >= 0.3 is 43.7 Å². The SMILES string of the molecule is C=CC(=O)OC=Cc1ccccc1.[Ca+2].[H-].[H-]. The number of ether oxygens (including phenoxy) is 1. The van der Waals surface area contributed by atoms with Crippen molar-refractivity contribution in [3.63, 3.8) is 0 Å². The van der Waals surface area contributed by atoms with Crippen molar-refractivity contribution in [1.82, 2.24) is 0 Å². The van der Waals surface area contributed by atoms with Gasteiger partial charge in [0.15, 0.2) is 0 Å². The average molecular weight is 216 g/mol. The van der Waals surface area contributed by atoms with E-state index in [0.717, 1.165) is 11.6 Å². The van der Waals surface area contributed by atoms with E-state index in [1.807, 2.05) is 30.3 Å². The fourth-order valence-electron chi connectivity index (χ4n) is 0.792. The number of esters is 1. The number of hydrogen-bond acceptors (Lipinski definition) is 2. The molecule has 0 N–H and O–H groups in total. The first kappa shape index (κ1) is 13.4. The molecule has 0 amide bonds. The third-order valence-electron chi connectivity index (χ3n) is 1.41. The van der Waals surface area contributed by atoms with Gasteiger partial charge in [0.05, 0.1) is 6.26 Å². The van der Waals surface area contributed by atoms with Crippen molar-refractivity contribution >= 4 is 49.8 Å². The van der Waals surface area contributed by atoms with Crippen LogP contribution in [0.4, 0.5) is 0 Å². The van der Waals surface area contributed by atoms with Crippen LogP contribution < -0.4 is 0 Å². The monoisotopic (exact) mass is 216 g/mol. The summed E-state index contributed by atoms with van der Waals surface area (Å²) in [6.45, 7) is 3.28. The molecular weight excluding hydrogens is 204 g/mol. The second-order valence-electron chi connectivity index (χ2n) is 2.35. The third kappa shape index (κ3) is 5.22. The van der Waals surface area contributed by atoms with Crippen LogP contribution in [0.5, 0.6) is 0 Å². The van der Waals surface area contributed by atoms with Gasteiger partial charge in [0.1, 0.15) is 0 Å². The summed E-state index contributed by atoms with van der Waals surface area (Å²) in [6, 6.07) is 9.58. The zero-order valence-corrected chi connectivity index (χ0v) is 10.1. The quantitative estimate of drug-likeness (QED) is 0.335. The van der Waals surface area contributed by atoms with E-state index in [1.54, 1.807) is 6.08 Å². The van der Waals surface area contributed by atoms with Gasteiger partial charge in [-0.3, -0.25) is 0 Å². The van der Waals surface area contributed by atoms with Crippen LogP contribution in [-0.4, -0.2) is 43.7 Å². The van der Waals surface area contributed by atoms with Crippen LogP contribution in [0.15, 0.2) is 49.2 Å². The number of benzene rings is 1. The number of carbonyl (C=O) groups excluding carboxylic acids is 1. The molecule has 0 unspecified atom stereocenters. The molecule has 3 heteroatoms. The van der Waals surface area contributed by atoms with Crippen molar-refractivity contribution in [2.75, 3.05) is 0 Å². The molecule has 14 heavy (non-hydrogen) atoms. The maximum absolute atomic E-state index is 10.6. The van der Waals surface area contributed by atoms with E-state index in [4.69, 9.17) is 0 Å². The number of hydrogen-bond donors (Lipinski definition) is 0. The summed E-state index contributed by atoms with van der Waals surface area (Å²) < 4.78 is 4.66. The van der Waals surface area contributed by atoms with Crippen LogP contribution in [0.2, 0.25) is 0 Å². The van der Waals surface area contributed by atoms with E-state index in [-0.39, 0.29) is 40.6 Å². The van der Waals surface area contributed by atoms with Gasteiger partial charge in [-0.2, -0.15) is 0 Å². The van der Waals surface area contributed by atoms with Gasteiger partial charge in [0, 0.05) is 6.08 Å². The molecule has 0 aromatic heterocycles. The molecule has 1 rings (SSSR count). The van der Waals surface area contributed by atoms with Gasteiger partial charge in [0.25, 0.3) is 0 Å². The van der Waals surface area contributed by atoms with E-state index in [2.05, 4.69) is 11.3 Å². The third-order valence-corrected chi connectivity index (χ3v) is 1.41. The van der Waals surface area contributed by atoms with Gasteiger partial charge < -0.3 is 7.59 Å². The standard InChI is InChI=1S/C11H10O2.Ca.2H/c1-2-11(12)13-9-8-10-6-4-3-5-7-10;;;/h2-9H,1H2;;;/q;+2;2*-1. The summed E-state index contributed by atoms with van der Waals surface area (Å²) in [4.78, 5) is 10.6. The van der Waals surface area contributed by atoms with E-state index in [9.17, 15) is 4.79 Å². The second kappa shape index (κ2) is 7.80. The minimum absolute atomic E-state index is 0. The van der Waals surface area contributed by atoms with Crippen molar-refractivity contribution in [3.8, 4) is 0 Å². The maximum atomic E-state index is 10.6. The number of carbonyl (C=O) groups is 1. The Bertz CT molecular complexity index is 326. The van der Waals surface area contributed by atoms with Crippen LogP contribution in [0.3, 0.4) is 0 Å². The molecule has 0 fully saturated rings. The largest absolute Gasteiger partial charge is 2.00 e. The summed E-state index contributed by atoms with van der Waals surface area (Å²) in [5.74, 6) is -0.452. The molecule has 0 aliphatic heterocycles. The van der Waals surface area contributed by atoms with E-state index in [1.165, 1.54) is 6.26 Å². The molecule has 2 nitrogen and oxygen atoms in total. The summed E-state index contributed by atoms with van der Waals surface area (Å²) in [5, 5.41) is 0. The van der Waals surface area contributed by atoms with Crippen LogP contribution in [0, 0.1) is 0 Å². The van der Waals surface area contributed by atoms with Crippen LogP contribution >= 0.6 is 0 Å². The zero-order valence-electron chi connectivity index (χ0n) is 9.85. The minimum atomic E-state index is -0.452. The predicted octanol–water partition coefficient (Wildman–Crippen LogP) is 2.23. The molecule has 0 aliphatic carbocycles. The second-order valence-corrected chi connectivity index (χ2v) is 2.35. The molecule has 1 aromatic carbocycles. The molecule has 0 bridgehead atoms. The summed E-state index contributed by atoms with van der Waals surface area (Å²) >= 11 is 0. The normalized spacial score (nSPS) is 9.14. The zero-order chi connectivity index (χ0) is 9.52. The molecule has 0 aliphatic rings. The van der Waals surface area contributed by atoms with Gasteiger partial charge in [-0.25, -0.2) is 4.79 Å². The first-order chi connectivity index (χ1) is 6.33. The molecule has 0 heterocycles. The Morgan fingerprint density at radius 2 is 2.00 bits per heavy atom. The maximum Gasteiger partial charge on any atom is 2.00 e. The van der Waals surface area contributed by atoms with Crippen LogP contribution in [0.1, 0.15) is 8.42 Å². The molecule has 0 radical (unpaired) electrons. The smallest absolute Gasteiger partial charge is 1.00 e.